The summed E-state index contributed by atoms with van der Waals surface area (Å²) >= 11 is 0. The summed E-state index contributed by atoms with van der Waals surface area (Å²) in [7, 11) is 1.58. The Morgan fingerprint density at radius 3 is 1.67 bits per heavy atom. The van der Waals surface area contributed by atoms with Crippen molar-refractivity contribution in [3.63, 3.8) is 0 Å². The Labute approximate surface area is 186 Å². The zero-order chi connectivity index (χ0) is 21.0. The van der Waals surface area contributed by atoms with E-state index in [9.17, 15) is 9.59 Å². The molecule has 0 bridgehead atoms. The predicted molar refractivity (Wildman–Crippen MR) is 129 cm³/mol. The van der Waals surface area contributed by atoms with E-state index in [1.54, 1.807) is 0 Å². The lowest BCUT2D eigenvalue weighted by molar-refractivity contribution is -0.124. The molecule has 0 unspecified atom stereocenters. The molecule has 168 valence electrons. The van der Waals surface area contributed by atoms with Crippen LogP contribution < -0.4 is 10.5 Å². The van der Waals surface area contributed by atoms with E-state index in [1.165, 1.54) is 89.9 Å². The molecule has 0 atom stereocenters. The highest BCUT2D eigenvalue weighted by Gasteiger charge is 2.28. The van der Waals surface area contributed by atoms with Gasteiger partial charge in [-0.3, -0.25) is 9.59 Å². The van der Waals surface area contributed by atoms with Crippen molar-refractivity contribution in [2.75, 3.05) is 0 Å². The van der Waals surface area contributed by atoms with Gasteiger partial charge in [0, 0.05) is 12.0 Å². The van der Waals surface area contributed by atoms with E-state index in [-0.39, 0.29) is 23.7 Å². The van der Waals surface area contributed by atoms with Crippen LogP contribution in [0.3, 0.4) is 0 Å². The molecule has 0 aromatic heterocycles. The largest absolute Gasteiger partial charge is 0.402 e. The summed E-state index contributed by atoms with van der Waals surface area (Å²) in [4.78, 5) is 25.2. The van der Waals surface area contributed by atoms with E-state index in [1.807, 2.05) is 0 Å². The third-order valence-electron chi connectivity index (χ3n) is 7.95. The van der Waals surface area contributed by atoms with Crippen molar-refractivity contribution >= 4 is 26.4 Å². The van der Waals surface area contributed by atoms with Gasteiger partial charge >= 0.3 is 0 Å². The molecule has 4 nitrogen and oxygen atoms in total. The second-order valence-corrected chi connectivity index (χ2v) is 10.5. The number of carbonyl (C=O) groups excluding carboxylic acids is 2. The molecule has 6 heteroatoms. The first-order valence-electron chi connectivity index (χ1n) is 13.3. The van der Waals surface area contributed by atoms with Crippen molar-refractivity contribution in [1.29, 1.82) is 0 Å². The maximum Gasteiger partial charge on any atom is 0.239 e. The van der Waals surface area contributed by atoms with Crippen LogP contribution in [-0.2, 0) is 4.79 Å². The lowest BCUT2D eigenvalue weighted by Gasteiger charge is -2.29. The van der Waals surface area contributed by atoms with E-state index in [4.69, 9.17) is 0 Å². The van der Waals surface area contributed by atoms with Crippen molar-refractivity contribution in [3.05, 3.63) is 0 Å². The lowest BCUT2D eigenvalue weighted by atomic mass is 9.59. The smallest absolute Gasteiger partial charge is 0.239 e. The third-order valence-corrected chi connectivity index (χ3v) is 7.95. The lowest BCUT2D eigenvalue weighted by Crippen LogP contribution is -2.43. The second-order valence-electron chi connectivity index (χ2n) is 10.5. The van der Waals surface area contributed by atoms with Crippen LogP contribution in [0.1, 0.15) is 116 Å². The first-order chi connectivity index (χ1) is 14.7. The van der Waals surface area contributed by atoms with Gasteiger partial charge in [0.15, 0.2) is 5.81 Å². The first-order valence-corrected chi connectivity index (χ1v) is 13.3. The SMILES string of the molecule is O=C(BC1CCCCCCC1)NC1CCC(C(=O)NBC2CCCCCCC2)CC1. The molecule has 0 radical (unpaired) electrons. The van der Waals surface area contributed by atoms with E-state index in [0.29, 0.717) is 18.9 Å². The maximum atomic E-state index is 12.6. The number of rotatable bonds is 6. The normalized spacial score (nSPS) is 27.6. The van der Waals surface area contributed by atoms with E-state index in [0.717, 1.165) is 33.1 Å². The van der Waals surface area contributed by atoms with Gasteiger partial charge in [0.05, 0.1) is 0 Å². The van der Waals surface area contributed by atoms with Gasteiger partial charge in [-0.15, -0.1) is 0 Å². The second kappa shape index (κ2) is 13.5. The number of hydrogen-bond donors (Lipinski definition) is 2. The Bertz CT molecular complexity index is 507. The van der Waals surface area contributed by atoms with Crippen molar-refractivity contribution < 1.29 is 9.59 Å². The zero-order valence-electron chi connectivity index (χ0n) is 19.3. The van der Waals surface area contributed by atoms with Gasteiger partial charge in [-0.2, -0.15) is 0 Å². The zero-order valence-corrected chi connectivity index (χ0v) is 19.3. The van der Waals surface area contributed by atoms with Crippen LogP contribution in [0.15, 0.2) is 0 Å². The van der Waals surface area contributed by atoms with Gasteiger partial charge in [-0.1, -0.05) is 95.7 Å². The quantitative estimate of drug-likeness (QED) is 0.586. The molecule has 30 heavy (non-hydrogen) atoms. The molecule has 3 saturated carbocycles. The first kappa shape index (κ1) is 23.7. The number of nitrogens with one attached hydrogen (secondary N) is 2. The van der Waals surface area contributed by atoms with E-state index >= 15 is 0 Å². The molecule has 2 N–H and O–H groups in total. The molecule has 0 aromatic carbocycles. The molecule has 0 spiro atoms. The van der Waals surface area contributed by atoms with Crippen LogP contribution in [0.2, 0.25) is 11.6 Å². The van der Waals surface area contributed by atoms with Gasteiger partial charge in [0.2, 0.25) is 20.6 Å². The summed E-state index contributed by atoms with van der Waals surface area (Å²) < 4.78 is 0. The highest BCUT2D eigenvalue weighted by atomic mass is 16.2. The Morgan fingerprint density at radius 1 is 0.600 bits per heavy atom. The fourth-order valence-electron chi connectivity index (χ4n) is 5.93. The Hall–Kier alpha value is -0.930. The van der Waals surface area contributed by atoms with Gasteiger partial charge in [-0.25, -0.2) is 0 Å². The van der Waals surface area contributed by atoms with Crippen LogP contribution >= 0.6 is 0 Å². The van der Waals surface area contributed by atoms with Gasteiger partial charge in [-0.05, 0) is 31.5 Å². The fourth-order valence-corrected chi connectivity index (χ4v) is 5.93. The maximum absolute atomic E-state index is 12.6. The summed E-state index contributed by atoms with van der Waals surface area (Å²) in [6, 6.07) is 0.278. The molecule has 0 aromatic rings. The Kier molecular flexibility index (Phi) is 10.7. The molecule has 0 heterocycles. The Balaban J connectivity index is 1.30. The average molecular weight is 414 g/mol. The minimum Gasteiger partial charge on any atom is -0.402 e. The molecule has 3 fully saturated rings. The monoisotopic (exact) mass is 414 g/mol. The van der Waals surface area contributed by atoms with E-state index < -0.39 is 0 Å². The molecule has 3 aliphatic carbocycles. The van der Waals surface area contributed by atoms with Crippen molar-refractivity contribution in [1.82, 2.24) is 10.5 Å². The van der Waals surface area contributed by atoms with Gasteiger partial charge in [0.25, 0.3) is 0 Å². The molecule has 3 aliphatic rings. The average Bonchev–Trinajstić information content (AvgIpc) is 2.69. The molecular weight excluding hydrogens is 370 g/mol. The van der Waals surface area contributed by atoms with Crippen molar-refractivity contribution in [2.45, 2.75) is 133 Å². The van der Waals surface area contributed by atoms with Gasteiger partial charge < -0.3 is 10.5 Å². The van der Waals surface area contributed by atoms with Crippen molar-refractivity contribution in [3.8, 4) is 0 Å². The Morgan fingerprint density at radius 2 is 1.10 bits per heavy atom. The highest BCUT2D eigenvalue weighted by Crippen LogP contribution is 2.28. The molecule has 2 amide bonds. The number of amides is 2. The van der Waals surface area contributed by atoms with E-state index in [2.05, 4.69) is 10.5 Å². The van der Waals surface area contributed by atoms with Crippen LogP contribution in [0.5, 0.6) is 0 Å². The summed E-state index contributed by atoms with van der Waals surface area (Å²) in [5, 5.41) is 6.55. The van der Waals surface area contributed by atoms with Gasteiger partial charge in [0.1, 0.15) is 0 Å². The molecular formula is C24H44B2N2O2. The summed E-state index contributed by atoms with van der Waals surface area (Å²) in [5.41, 5.74) is 0. The molecule has 3 rings (SSSR count). The minimum atomic E-state index is 0.150. The van der Waals surface area contributed by atoms with Crippen LogP contribution in [0, 0.1) is 5.92 Å². The fraction of sp³-hybridized carbons (Fsp3) is 0.917. The van der Waals surface area contributed by atoms with Crippen LogP contribution in [0.4, 0.5) is 4.79 Å². The summed E-state index contributed by atoms with van der Waals surface area (Å²) in [6.07, 6.45) is 22.2. The highest BCUT2D eigenvalue weighted by molar-refractivity contribution is 6.74. The number of hydrogen-bond acceptors (Lipinski definition) is 2. The van der Waals surface area contributed by atoms with Crippen molar-refractivity contribution in [2.24, 2.45) is 5.92 Å². The topological polar surface area (TPSA) is 58.2 Å². The summed E-state index contributed by atoms with van der Waals surface area (Å²) in [5.74, 6) is 1.92. The summed E-state index contributed by atoms with van der Waals surface area (Å²) in [6.45, 7) is 0. The van der Waals surface area contributed by atoms with Crippen LogP contribution in [-0.4, -0.2) is 32.4 Å². The van der Waals surface area contributed by atoms with Crippen LogP contribution in [0.25, 0.3) is 0 Å². The minimum absolute atomic E-state index is 0.150. The number of carbonyl (C=O) groups is 2. The third kappa shape index (κ3) is 8.67. The molecule has 0 saturated heterocycles. The standard InChI is InChI=1S/C24H44B2N2O2/c29-23(28-26-21-13-9-5-2-6-10-14-21)19-15-17-22(18-16-19)27-24(30)25-20-11-7-3-1-4-8-12-20/h19-22,25-26H,1-18H2,(H,27,30)(H,28,29). The molecule has 0 aliphatic heterocycles. The predicted octanol–water partition coefficient (Wildman–Crippen LogP) is 5.22.